The van der Waals surface area contributed by atoms with Crippen LogP contribution in [-0.4, -0.2) is 11.0 Å². The topological polar surface area (TPSA) is 181 Å². The molecule has 0 bridgehead atoms. The zero-order valence-corrected chi connectivity index (χ0v) is 24.8. The number of thiazole rings is 1. The molecule has 0 radical (unpaired) electrons. The van der Waals surface area contributed by atoms with Crippen molar-refractivity contribution in [2.24, 2.45) is 0 Å². The number of nitrogen functional groups attached to an aromatic ring is 6. The molecule has 0 spiro atoms. The van der Waals surface area contributed by atoms with Crippen molar-refractivity contribution in [2.45, 2.75) is 26.3 Å². The molecule has 8 nitrogen and oxygen atoms in total. The van der Waals surface area contributed by atoms with E-state index in [1.165, 1.54) is 22.4 Å². The lowest BCUT2D eigenvalue weighted by Gasteiger charge is -2.16. The Morgan fingerprint density at radius 2 is 1.05 bits per heavy atom. The molecule has 13 N–H and O–H groups in total. The second-order valence-corrected chi connectivity index (χ2v) is 10.5. The van der Waals surface area contributed by atoms with Crippen LogP contribution in [0.4, 0.5) is 39.3 Å². The maximum Gasteiger partial charge on any atom is 0.179 e. The number of nitrogens with zero attached hydrogens (tertiary/aromatic N) is 1. The Bertz CT molecular complexity index is 1610. The lowest BCUT2D eigenvalue weighted by Crippen LogP contribution is -2.13. The minimum Gasteiger partial charge on any atom is -0.399 e. The molecule has 6 aromatic rings. The Hall–Kier alpha value is -5.15. The van der Waals surface area contributed by atoms with Gasteiger partial charge in [0, 0.05) is 73.3 Å². The number of nitrogens with one attached hydrogen (secondary N) is 1. The molecule has 9 heteroatoms. The van der Waals surface area contributed by atoms with Crippen LogP contribution in [-0.2, 0) is 0 Å². The van der Waals surface area contributed by atoms with Gasteiger partial charge in [-0.05, 0) is 61.9 Å². The van der Waals surface area contributed by atoms with Gasteiger partial charge in [0.25, 0.3) is 0 Å². The number of rotatable bonds is 3. The molecule has 0 saturated carbocycles. The van der Waals surface area contributed by atoms with E-state index < -0.39 is 0 Å². The average Bonchev–Trinajstić information content (AvgIpc) is 3.50. The van der Waals surface area contributed by atoms with Gasteiger partial charge < -0.3 is 39.7 Å². The number of benzene rings is 5. The van der Waals surface area contributed by atoms with Crippen molar-refractivity contribution >= 4 is 72.1 Å². The Morgan fingerprint density at radius 1 is 0.619 bits per heavy atom. The van der Waals surface area contributed by atoms with Crippen LogP contribution in [0.25, 0.3) is 21.5 Å². The molecule has 1 heterocycles. The number of anilines is 7. The smallest absolute Gasteiger partial charge is 0.179 e. The summed E-state index contributed by atoms with van der Waals surface area (Å²) in [5.41, 5.74) is 38.5. The van der Waals surface area contributed by atoms with Crippen LogP contribution in [0.15, 0.2) is 109 Å². The van der Waals surface area contributed by atoms with Crippen LogP contribution in [0.2, 0.25) is 0 Å². The van der Waals surface area contributed by atoms with Crippen molar-refractivity contribution < 1.29 is 0 Å². The number of fused-ring (bicyclic) bond motifs is 2. The Balaban J connectivity index is 0.000000164. The molecule has 6 rings (SSSR count). The van der Waals surface area contributed by atoms with Crippen molar-refractivity contribution in [3.63, 3.8) is 0 Å². The molecule has 0 aliphatic carbocycles. The zero-order valence-electron chi connectivity index (χ0n) is 24.0. The first-order chi connectivity index (χ1) is 20.2. The van der Waals surface area contributed by atoms with Crippen molar-refractivity contribution in [1.29, 1.82) is 0 Å². The lowest BCUT2D eigenvalue weighted by atomic mass is 10.1. The first-order valence-electron chi connectivity index (χ1n) is 13.5. The van der Waals surface area contributed by atoms with E-state index in [1.807, 2.05) is 60.0 Å². The summed E-state index contributed by atoms with van der Waals surface area (Å²) < 4.78 is 0. The standard InChI is InChI=1S/C14H18N2.C10H10N2.C6H8N2.C3H4N2S/c1-3-10(2)16-14-9-8-13(15)11-6-4-5-7-12(11)14;11-9-5-6-10(12)8-4-2-1-3-7(8)9;7-5-1-2-6(8)4-3-5;4-3-5-1-2-6-3/h4-10,16H,3,15H2,1-2H3;1-6H,11-12H2;1-4H,7-8H2;1-2H,(H2,4,5). The number of nitrogens with two attached hydrogens (primary N) is 6. The quantitative estimate of drug-likeness (QED) is 0.107. The van der Waals surface area contributed by atoms with Gasteiger partial charge in [-0.2, -0.15) is 0 Å². The average molecular weight is 581 g/mol. The predicted molar refractivity (Wildman–Crippen MR) is 186 cm³/mol. The molecule has 0 aliphatic heterocycles. The van der Waals surface area contributed by atoms with Gasteiger partial charge in [0.2, 0.25) is 0 Å². The van der Waals surface area contributed by atoms with Gasteiger partial charge >= 0.3 is 0 Å². The molecular formula is C33H40N8S. The number of hydrogen-bond acceptors (Lipinski definition) is 9. The predicted octanol–water partition coefficient (Wildman–Crippen LogP) is 7.21. The molecule has 1 atom stereocenters. The van der Waals surface area contributed by atoms with Crippen LogP contribution in [0.1, 0.15) is 20.3 Å². The highest BCUT2D eigenvalue weighted by atomic mass is 32.1. The molecule has 0 aliphatic rings. The van der Waals surface area contributed by atoms with E-state index >= 15 is 0 Å². The fourth-order valence-electron chi connectivity index (χ4n) is 3.89. The monoisotopic (exact) mass is 580 g/mol. The first kappa shape index (κ1) is 31.4. The Morgan fingerprint density at radius 3 is 1.43 bits per heavy atom. The third kappa shape index (κ3) is 9.21. The van der Waals surface area contributed by atoms with Crippen molar-refractivity contribution in [1.82, 2.24) is 4.98 Å². The van der Waals surface area contributed by atoms with Gasteiger partial charge in [-0.25, -0.2) is 4.98 Å². The highest BCUT2D eigenvalue weighted by molar-refractivity contribution is 7.13. The van der Waals surface area contributed by atoms with E-state index in [-0.39, 0.29) is 0 Å². The van der Waals surface area contributed by atoms with E-state index in [0.29, 0.717) is 11.2 Å². The molecule has 0 fully saturated rings. The third-order valence-electron chi connectivity index (χ3n) is 6.35. The highest BCUT2D eigenvalue weighted by Crippen LogP contribution is 2.29. The summed E-state index contributed by atoms with van der Waals surface area (Å²) in [6, 6.07) is 31.4. The first-order valence-corrected chi connectivity index (χ1v) is 14.4. The van der Waals surface area contributed by atoms with E-state index in [1.54, 1.807) is 30.5 Å². The Labute approximate surface area is 251 Å². The fourth-order valence-corrected chi connectivity index (χ4v) is 4.27. The Kier molecular flexibility index (Phi) is 11.6. The molecule has 218 valence electrons. The largest absolute Gasteiger partial charge is 0.399 e. The third-order valence-corrected chi connectivity index (χ3v) is 6.96. The minimum atomic E-state index is 0.479. The van der Waals surface area contributed by atoms with Crippen molar-refractivity contribution in [3.05, 3.63) is 109 Å². The van der Waals surface area contributed by atoms with E-state index in [4.69, 9.17) is 34.4 Å². The fraction of sp³-hybridized carbons (Fsp3) is 0.121. The van der Waals surface area contributed by atoms with Crippen LogP contribution in [0.5, 0.6) is 0 Å². The molecule has 1 aromatic heterocycles. The summed E-state index contributed by atoms with van der Waals surface area (Å²) in [5, 5.41) is 10.4. The second-order valence-electron chi connectivity index (χ2n) is 9.53. The molecular weight excluding hydrogens is 540 g/mol. The summed E-state index contributed by atoms with van der Waals surface area (Å²) >= 11 is 1.44. The van der Waals surface area contributed by atoms with Gasteiger partial charge in [-0.3, -0.25) is 0 Å². The number of hydrogen-bond donors (Lipinski definition) is 7. The number of aromatic nitrogens is 1. The zero-order chi connectivity index (χ0) is 30.5. The summed E-state index contributed by atoms with van der Waals surface area (Å²) in [5.74, 6) is 0. The van der Waals surface area contributed by atoms with E-state index in [9.17, 15) is 0 Å². The van der Waals surface area contributed by atoms with Gasteiger partial charge in [0.15, 0.2) is 5.13 Å². The maximum absolute atomic E-state index is 5.96. The SMILES string of the molecule is CCC(C)Nc1ccc(N)c2ccccc12.Nc1ccc(N)c2ccccc12.Nc1ccc(N)cc1.Nc1nccs1. The van der Waals surface area contributed by atoms with Gasteiger partial charge in [0.1, 0.15) is 0 Å². The van der Waals surface area contributed by atoms with Crippen LogP contribution in [0, 0.1) is 0 Å². The van der Waals surface area contributed by atoms with Gasteiger partial charge in [0.05, 0.1) is 0 Å². The van der Waals surface area contributed by atoms with E-state index in [2.05, 4.69) is 42.3 Å². The molecule has 0 saturated heterocycles. The second kappa shape index (κ2) is 15.6. The van der Waals surface area contributed by atoms with Crippen LogP contribution < -0.4 is 39.7 Å². The normalized spacial score (nSPS) is 10.7. The highest BCUT2D eigenvalue weighted by Gasteiger charge is 2.05. The van der Waals surface area contributed by atoms with Gasteiger partial charge in [-0.15, -0.1) is 11.3 Å². The summed E-state index contributed by atoms with van der Waals surface area (Å²) in [6.07, 6.45) is 2.79. The molecule has 0 amide bonds. The molecule has 1 unspecified atom stereocenters. The van der Waals surface area contributed by atoms with Crippen LogP contribution in [0.3, 0.4) is 0 Å². The minimum absolute atomic E-state index is 0.479. The van der Waals surface area contributed by atoms with Crippen molar-refractivity contribution in [2.75, 3.05) is 39.7 Å². The van der Waals surface area contributed by atoms with E-state index in [0.717, 1.165) is 51.0 Å². The van der Waals surface area contributed by atoms with Crippen LogP contribution >= 0.6 is 11.3 Å². The maximum atomic E-state index is 5.96. The summed E-state index contributed by atoms with van der Waals surface area (Å²) in [6.45, 7) is 4.36. The molecule has 42 heavy (non-hydrogen) atoms. The van der Waals surface area contributed by atoms with Crippen molar-refractivity contribution in [3.8, 4) is 0 Å². The summed E-state index contributed by atoms with van der Waals surface area (Å²) in [7, 11) is 0. The van der Waals surface area contributed by atoms with Gasteiger partial charge in [-0.1, -0.05) is 55.5 Å². The summed E-state index contributed by atoms with van der Waals surface area (Å²) in [4.78, 5) is 3.71. The molecule has 5 aromatic carbocycles. The lowest BCUT2D eigenvalue weighted by molar-refractivity contribution is 0.765.